The van der Waals surface area contributed by atoms with Crippen molar-refractivity contribution in [1.82, 2.24) is 9.55 Å². The van der Waals surface area contributed by atoms with Crippen molar-refractivity contribution in [2.45, 2.75) is 24.6 Å². The van der Waals surface area contributed by atoms with E-state index >= 15 is 0 Å². The van der Waals surface area contributed by atoms with Gasteiger partial charge in [-0.1, -0.05) is 19.6 Å². The molecule has 0 aliphatic rings. The van der Waals surface area contributed by atoms with E-state index < -0.39 is 8.07 Å². The van der Waals surface area contributed by atoms with Gasteiger partial charge in [-0.05, 0) is 6.26 Å². The maximum Gasteiger partial charge on any atom is 0.0953 e. The summed E-state index contributed by atoms with van der Waals surface area (Å²) in [6, 6.07) is 0. The fraction of sp³-hybridized carbons (Fsp3) is 0.625. The van der Waals surface area contributed by atoms with E-state index in [1.54, 1.807) is 0 Å². The van der Waals surface area contributed by atoms with E-state index in [-0.39, 0.29) is 0 Å². The molecule has 0 N–H and O–H groups in total. The smallest absolute Gasteiger partial charge is 0.0953 e. The maximum absolute atomic E-state index is 4.08. The molecule has 68 valence electrons. The summed E-state index contributed by atoms with van der Waals surface area (Å²) in [5.41, 5.74) is 0. The third-order valence-electron chi connectivity index (χ3n) is 1.76. The van der Waals surface area contributed by atoms with Gasteiger partial charge in [0.15, 0.2) is 0 Å². The first-order valence-electron chi connectivity index (χ1n) is 4.06. The third-order valence-corrected chi connectivity index (χ3v) is 7.06. The van der Waals surface area contributed by atoms with Crippen LogP contribution in [0.25, 0.3) is 0 Å². The molecule has 1 unspecified atom stereocenters. The quantitative estimate of drug-likeness (QED) is 0.698. The van der Waals surface area contributed by atoms with Crippen molar-refractivity contribution in [3.63, 3.8) is 0 Å². The summed E-state index contributed by atoms with van der Waals surface area (Å²) < 4.78 is 2.22. The molecule has 0 bridgehead atoms. The van der Waals surface area contributed by atoms with Crippen molar-refractivity contribution in [2.75, 3.05) is 6.26 Å². The largest absolute Gasteiger partial charge is 0.328 e. The lowest BCUT2D eigenvalue weighted by molar-refractivity contribution is 0.832. The van der Waals surface area contributed by atoms with Crippen LogP contribution in [0.15, 0.2) is 18.7 Å². The number of nitrogens with zero attached hydrogens (tertiary/aromatic N) is 2. The normalized spacial score (nSPS) is 14.7. The van der Waals surface area contributed by atoms with Gasteiger partial charge in [0.05, 0.1) is 19.4 Å². The Balaban J connectivity index is 2.84. The van der Waals surface area contributed by atoms with Crippen LogP contribution in [0.5, 0.6) is 0 Å². The van der Waals surface area contributed by atoms with Gasteiger partial charge in [-0.2, -0.15) is 0 Å². The fourth-order valence-corrected chi connectivity index (χ4v) is 5.57. The van der Waals surface area contributed by atoms with Gasteiger partial charge in [-0.25, -0.2) is 4.98 Å². The Morgan fingerprint density at radius 3 is 2.42 bits per heavy atom. The van der Waals surface area contributed by atoms with E-state index in [0.29, 0.717) is 5.00 Å². The molecule has 0 spiro atoms. The topological polar surface area (TPSA) is 17.8 Å². The highest BCUT2D eigenvalue weighted by Crippen LogP contribution is 2.30. The molecule has 1 rings (SSSR count). The van der Waals surface area contributed by atoms with Gasteiger partial charge in [0.25, 0.3) is 0 Å². The maximum atomic E-state index is 4.08. The van der Waals surface area contributed by atoms with E-state index in [9.17, 15) is 0 Å². The Labute approximate surface area is 79.4 Å². The lowest BCUT2D eigenvalue weighted by Crippen LogP contribution is -2.32. The van der Waals surface area contributed by atoms with Gasteiger partial charge in [-0.15, -0.1) is 11.8 Å². The minimum absolute atomic E-state index is 0.611. The number of imidazole rings is 1. The van der Waals surface area contributed by atoms with Gasteiger partial charge in [0.1, 0.15) is 0 Å². The van der Waals surface area contributed by atoms with Gasteiger partial charge in [0.2, 0.25) is 0 Å². The molecule has 0 aliphatic carbocycles. The van der Waals surface area contributed by atoms with Crippen molar-refractivity contribution in [3.8, 4) is 0 Å². The molecule has 1 heterocycles. The number of hydrogen-bond donors (Lipinski definition) is 0. The molecule has 1 atom stereocenters. The summed E-state index contributed by atoms with van der Waals surface area (Å²) in [7, 11) is -1.11. The summed E-state index contributed by atoms with van der Waals surface area (Å²) in [6.45, 7) is 7.15. The highest BCUT2D eigenvalue weighted by molar-refractivity contribution is 8.00. The first-order valence-corrected chi connectivity index (χ1v) is 8.92. The summed E-state index contributed by atoms with van der Waals surface area (Å²) >= 11 is 1.92. The van der Waals surface area contributed by atoms with Gasteiger partial charge in [-0.3, -0.25) is 0 Å². The van der Waals surface area contributed by atoms with Crippen molar-refractivity contribution in [3.05, 3.63) is 18.7 Å². The van der Waals surface area contributed by atoms with Crippen LogP contribution in [0.2, 0.25) is 19.6 Å². The lowest BCUT2D eigenvalue weighted by Gasteiger charge is -2.28. The SMILES string of the molecule is CSC(n1ccnc1)[Si](C)(C)C. The summed E-state index contributed by atoms with van der Waals surface area (Å²) in [5.74, 6) is 0. The van der Waals surface area contributed by atoms with Gasteiger partial charge >= 0.3 is 0 Å². The van der Waals surface area contributed by atoms with Crippen LogP contribution in [0, 0.1) is 0 Å². The van der Waals surface area contributed by atoms with Crippen molar-refractivity contribution in [1.29, 1.82) is 0 Å². The van der Waals surface area contributed by atoms with Crippen LogP contribution >= 0.6 is 11.8 Å². The minimum atomic E-state index is -1.11. The van der Waals surface area contributed by atoms with Crippen LogP contribution in [-0.4, -0.2) is 23.9 Å². The molecule has 0 aromatic carbocycles. The molecule has 0 radical (unpaired) electrons. The molecular weight excluding hydrogens is 184 g/mol. The third kappa shape index (κ3) is 2.14. The predicted molar refractivity (Wildman–Crippen MR) is 58.1 cm³/mol. The number of thioether (sulfide) groups is 1. The standard InChI is InChI=1S/C8H16N2SSi/c1-11-8(12(2,3)4)10-6-5-9-7-10/h5-8H,1-4H3. The van der Waals surface area contributed by atoms with Gasteiger partial charge < -0.3 is 4.57 Å². The predicted octanol–water partition coefficient (Wildman–Crippen LogP) is 2.62. The Hall–Kier alpha value is -0.223. The van der Waals surface area contributed by atoms with E-state index in [4.69, 9.17) is 0 Å². The second kappa shape index (κ2) is 3.66. The molecule has 0 amide bonds. The second-order valence-electron chi connectivity index (χ2n) is 3.96. The highest BCUT2D eigenvalue weighted by Gasteiger charge is 2.26. The van der Waals surface area contributed by atoms with Crippen LogP contribution in [0.1, 0.15) is 5.00 Å². The molecule has 0 saturated carbocycles. The Morgan fingerprint density at radius 2 is 2.08 bits per heavy atom. The average molecular weight is 200 g/mol. The monoisotopic (exact) mass is 200 g/mol. The number of aromatic nitrogens is 2. The molecule has 12 heavy (non-hydrogen) atoms. The Kier molecular flexibility index (Phi) is 3.01. The first-order chi connectivity index (χ1) is 5.55. The zero-order valence-corrected chi connectivity index (χ0v) is 9.93. The Bertz CT molecular complexity index is 228. The van der Waals surface area contributed by atoms with Crippen LogP contribution in [-0.2, 0) is 0 Å². The minimum Gasteiger partial charge on any atom is -0.328 e. The van der Waals surface area contributed by atoms with E-state index in [2.05, 4.69) is 41.6 Å². The fourth-order valence-electron chi connectivity index (χ4n) is 1.33. The molecular formula is C8H16N2SSi. The molecule has 0 fully saturated rings. The molecule has 2 nitrogen and oxygen atoms in total. The first kappa shape index (κ1) is 9.86. The highest BCUT2D eigenvalue weighted by atomic mass is 32.2. The van der Waals surface area contributed by atoms with Crippen molar-refractivity contribution >= 4 is 19.8 Å². The summed E-state index contributed by atoms with van der Waals surface area (Å²) in [4.78, 5) is 4.69. The van der Waals surface area contributed by atoms with E-state index in [1.807, 2.05) is 24.3 Å². The molecule has 0 aliphatic heterocycles. The summed E-state index contributed by atoms with van der Waals surface area (Å²) in [5, 5.41) is 0. The molecule has 0 saturated heterocycles. The van der Waals surface area contributed by atoms with Crippen LogP contribution < -0.4 is 0 Å². The lowest BCUT2D eigenvalue weighted by atomic mass is 10.9. The summed E-state index contributed by atoms with van der Waals surface area (Å²) in [6.07, 6.45) is 7.99. The second-order valence-corrected chi connectivity index (χ2v) is 10.6. The molecule has 1 aromatic rings. The molecule has 1 aromatic heterocycles. The number of hydrogen-bond acceptors (Lipinski definition) is 2. The van der Waals surface area contributed by atoms with Crippen molar-refractivity contribution in [2.24, 2.45) is 0 Å². The zero-order valence-electron chi connectivity index (χ0n) is 8.11. The molecule has 4 heteroatoms. The average Bonchev–Trinajstić information content (AvgIpc) is 2.38. The Morgan fingerprint density at radius 1 is 1.42 bits per heavy atom. The zero-order chi connectivity index (χ0) is 9.19. The van der Waals surface area contributed by atoms with Crippen LogP contribution in [0.4, 0.5) is 0 Å². The number of rotatable bonds is 3. The van der Waals surface area contributed by atoms with E-state index in [1.165, 1.54) is 0 Å². The van der Waals surface area contributed by atoms with E-state index in [0.717, 1.165) is 0 Å². The van der Waals surface area contributed by atoms with Crippen LogP contribution in [0.3, 0.4) is 0 Å². The van der Waals surface area contributed by atoms with Gasteiger partial charge in [0, 0.05) is 12.4 Å². The van der Waals surface area contributed by atoms with Crippen molar-refractivity contribution < 1.29 is 0 Å².